The largest absolute Gasteiger partial charge is 0.345 e. The summed E-state index contributed by atoms with van der Waals surface area (Å²) in [6.45, 7) is 4.87. The summed E-state index contributed by atoms with van der Waals surface area (Å²) < 4.78 is 0. The van der Waals surface area contributed by atoms with Gasteiger partial charge >= 0.3 is 5.69 Å². The molecule has 0 spiro atoms. The number of piperidine rings is 1. The second-order valence-electron chi connectivity index (χ2n) is 7.70. The molecule has 1 aliphatic carbocycles. The van der Waals surface area contributed by atoms with E-state index in [0.717, 1.165) is 19.4 Å². The number of hydrogen-bond donors (Lipinski definition) is 1. The number of likely N-dealkylation sites (N-methyl/N-ethyl adjacent to an activating group) is 1. The fourth-order valence-electron chi connectivity index (χ4n) is 5.35. The van der Waals surface area contributed by atoms with Crippen LogP contribution in [0.3, 0.4) is 0 Å². The maximum atomic E-state index is 13.1. The monoisotopic (exact) mass is 316 g/mol. The van der Waals surface area contributed by atoms with E-state index in [1.54, 1.807) is 13.0 Å². The summed E-state index contributed by atoms with van der Waals surface area (Å²) in [7, 11) is 2.20. The molecule has 1 N–H and O–H groups in total. The Morgan fingerprint density at radius 1 is 1.39 bits per heavy atom. The maximum absolute atomic E-state index is 13.1. The van der Waals surface area contributed by atoms with Crippen molar-refractivity contribution in [3.63, 3.8) is 0 Å². The number of likely N-dealkylation sites (tertiary alicyclic amines) is 2. The van der Waals surface area contributed by atoms with Crippen LogP contribution in [0, 0.1) is 12.3 Å². The third kappa shape index (κ3) is 2.07. The summed E-state index contributed by atoms with van der Waals surface area (Å²) in [4.78, 5) is 35.7. The molecule has 2 bridgehead atoms. The zero-order chi connectivity index (χ0) is 16.4. The summed E-state index contributed by atoms with van der Waals surface area (Å²) in [5.41, 5.74) is 0.680. The SMILES string of the molecule is Cc1cc(C(=O)N2C[C@@H]3C[C@@]4(C)[C@H](CCC[C@@H]24)N3C)nc(=O)[nH]1. The van der Waals surface area contributed by atoms with Crippen molar-refractivity contribution in [1.82, 2.24) is 19.8 Å². The quantitative estimate of drug-likeness (QED) is 0.844. The highest BCUT2D eigenvalue weighted by molar-refractivity contribution is 5.92. The van der Waals surface area contributed by atoms with Gasteiger partial charge in [0.25, 0.3) is 5.91 Å². The minimum Gasteiger partial charge on any atom is -0.332 e. The van der Waals surface area contributed by atoms with Crippen molar-refractivity contribution in [1.29, 1.82) is 0 Å². The predicted octanol–water partition coefficient (Wildman–Crippen LogP) is 1.17. The molecule has 1 saturated carbocycles. The number of H-pyrrole nitrogens is 1. The van der Waals surface area contributed by atoms with Crippen LogP contribution in [0.15, 0.2) is 10.9 Å². The lowest BCUT2D eigenvalue weighted by molar-refractivity contribution is 0.0113. The van der Waals surface area contributed by atoms with Gasteiger partial charge in [0.2, 0.25) is 0 Å². The van der Waals surface area contributed by atoms with E-state index < -0.39 is 5.69 Å². The lowest BCUT2D eigenvalue weighted by Gasteiger charge is -2.50. The zero-order valence-corrected chi connectivity index (χ0v) is 14.0. The highest BCUT2D eigenvalue weighted by Gasteiger charge is 2.59. The summed E-state index contributed by atoms with van der Waals surface area (Å²) in [6, 6.07) is 2.94. The van der Waals surface area contributed by atoms with Crippen LogP contribution in [0.1, 0.15) is 48.8 Å². The molecule has 0 radical (unpaired) electrons. The number of aromatic nitrogens is 2. The number of amides is 1. The smallest absolute Gasteiger partial charge is 0.332 e. The Balaban J connectivity index is 1.72. The Hall–Kier alpha value is -1.69. The van der Waals surface area contributed by atoms with Gasteiger partial charge in [0.05, 0.1) is 0 Å². The van der Waals surface area contributed by atoms with Gasteiger partial charge in [-0.25, -0.2) is 4.79 Å². The molecule has 124 valence electrons. The minimum absolute atomic E-state index is 0.0870. The molecule has 6 heteroatoms. The molecule has 4 rings (SSSR count). The first-order valence-electron chi connectivity index (χ1n) is 8.51. The highest BCUT2D eigenvalue weighted by Crippen LogP contribution is 2.53. The van der Waals surface area contributed by atoms with E-state index in [1.807, 2.05) is 4.90 Å². The molecule has 3 heterocycles. The third-order valence-corrected chi connectivity index (χ3v) is 6.36. The Labute approximate surface area is 135 Å². The molecule has 0 aromatic carbocycles. The first-order chi connectivity index (χ1) is 10.9. The zero-order valence-electron chi connectivity index (χ0n) is 14.0. The topological polar surface area (TPSA) is 69.3 Å². The molecular formula is C17H24N4O2. The molecule has 0 unspecified atom stereocenters. The Morgan fingerprint density at radius 2 is 2.13 bits per heavy atom. The molecule has 1 aromatic heterocycles. The molecule has 4 atom stereocenters. The number of aromatic amines is 1. The van der Waals surface area contributed by atoms with Crippen molar-refractivity contribution in [2.75, 3.05) is 13.6 Å². The first-order valence-corrected chi connectivity index (χ1v) is 8.51. The lowest BCUT2D eigenvalue weighted by Crippen LogP contribution is -2.57. The van der Waals surface area contributed by atoms with Gasteiger partial charge < -0.3 is 9.88 Å². The van der Waals surface area contributed by atoms with Crippen molar-refractivity contribution in [2.24, 2.45) is 5.41 Å². The average molecular weight is 316 g/mol. The van der Waals surface area contributed by atoms with Gasteiger partial charge in [0.15, 0.2) is 0 Å². The summed E-state index contributed by atoms with van der Waals surface area (Å²) in [5.74, 6) is -0.0870. The van der Waals surface area contributed by atoms with Crippen molar-refractivity contribution >= 4 is 5.91 Å². The van der Waals surface area contributed by atoms with E-state index in [1.165, 1.54) is 12.8 Å². The molecule has 23 heavy (non-hydrogen) atoms. The van der Waals surface area contributed by atoms with Gasteiger partial charge in [-0.2, -0.15) is 4.98 Å². The second kappa shape index (κ2) is 4.90. The first kappa shape index (κ1) is 14.9. The number of rotatable bonds is 1. The maximum Gasteiger partial charge on any atom is 0.345 e. The van der Waals surface area contributed by atoms with Gasteiger partial charge in [0.1, 0.15) is 5.69 Å². The van der Waals surface area contributed by atoms with Crippen molar-refractivity contribution < 1.29 is 4.79 Å². The number of nitrogens with one attached hydrogen (secondary N) is 1. The van der Waals surface area contributed by atoms with Crippen LogP contribution in [0.2, 0.25) is 0 Å². The number of carbonyl (C=O) groups excluding carboxylic acids is 1. The van der Waals surface area contributed by atoms with Crippen LogP contribution in [0.5, 0.6) is 0 Å². The Morgan fingerprint density at radius 3 is 2.87 bits per heavy atom. The van der Waals surface area contributed by atoms with Crippen LogP contribution in [0.4, 0.5) is 0 Å². The molecule has 1 amide bonds. The van der Waals surface area contributed by atoms with Crippen molar-refractivity contribution in [3.05, 3.63) is 27.9 Å². The van der Waals surface area contributed by atoms with Gasteiger partial charge in [0, 0.05) is 35.8 Å². The van der Waals surface area contributed by atoms with E-state index in [-0.39, 0.29) is 23.1 Å². The standard InChI is InChI=1S/C17H24N4O2/c1-10-7-12(19-16(23)18-10)15(22)21-9-11-8-17(2)13(20(11)3)5-4-6-14(17)21/h7,11,13-14H,4-6,8-9H2,1-3H3,(H,18,19,23)/t11-,13-,14+,17-/m0/s1. The summed E-state index contributed by atoms with van der Waals surface area (Å²) >= 11 is 0. The van der Waals surface area contributed by atoms with Gasteiger partial charge in [-0.15, -0.1) is 0 Å². The number of fused-ring (bicyclic) bond motifs is 1. The molecular weight excluding hydrogens is 292 g/mol. The molecule has 3 fully saturated rings. The molecule has 1 aromatic rings. The molecule has 6 nitrogen and oxygen atoms in total. The van der Waals surface area contributed by atoms with Crippen molar-refractivity contribution in [3.8, 4) is 0 Å². The number of hydrogen-bond acceptors (Lipinski definition) is 4. The van der Waals surface area contributed by atoms with Gasteiger partial charge in [-0.1, -0.05) is 6.92 Å². The van der Waals surface area contributed by atoms with Crippen LogP contribution in [-0.2, 0) is 0 Å². The Bertz CT molecular complexity index is 715. The lowest BCUT2D eigenvalue weighted by atomic mass is 9.66. The predicted molar refractivity (Wildman–Crippen MR) is 86.3 cm³/mol. The van der Waals surface area contributed by atoms with Crippen LogP contribution >= 0.6 is 0 Å². The van der Waals surface area contributed by atoms with Crippen LogP contribution in [0.25, 0.3) is 0 Å². The van der Waals surface area contributed by atoms with Crippen molar-refractivity contribution in [2.45, 2.75) is 57.7 Å². The molecule has 3 aliphatic rings. The van der Waals surface area contributed by atoms with Gasteiger partial charge in [-0.05, 0) is 45.7 Å². The summed E-state index contributed by atoms with van der Waals surface area (Å²) in [6.07, 6.45) is 4.61. The fourth-order valence-corrected chi connectivity index (χ4v) is 5.35. The number of aryl methyl sites for hydroxylation is 1. The van der Waals surface area contributed by atoms with E-state index in [4.69, 9.17) is 0 Å². The minimum atomic E-state index is -0.446. The molecule has 2 aliphatic heterocycles. The number of carbonyl (C=O) groups is 1. The normalized spacial score (nSPS) is 36.3. The average Bonchev–Trinajstić information content (AvgIpc) is 2.74. The Kier molecular flexibility index (Phi) is 3.17. The highest BCUT2D eigenvalue weighted by atomic mass is 16.2. The van der Waals surface area contributed by atoms with Gasteiger partial charge in [-0.3, -0.25) is 9.69 Å². The van der Waals surface area contributed by atoms with E-state index >= 15 is 0 Å². The van der Waals surface area contributed by atoms with E-state index in [2.05, 4.69) is 28.8 Å². The van der Waals surface area contributed by atoms with Crippen LogP contribution in [-0.4, -0.2) is 57.4 Å². The van der Waals surface area contributed by atoms with E-state index in [0.29, 0.717) is 17.8 Å². The van der Waals surface area contributed by atoms with Crippen LogP contribution < -0.4 is 5.69 Å². The number of nitrogens with zero attached hydrogens (tertiary/aromatic N) is 3. The molecule has 2 saturated heterocycles. The van der Waals surface area contributed by atoms with E-state index in [9.17, 15) is 9.59 Å². The summed E-state index contributed by atoms with van der Waals surface area (Å²) in [5, 5.41) is 0. The second-order valence-corrected chi connectivity index (χ2v) is 7.70. The third-order valence-electron chi connectivity index (χ3n) is 6.36. The fraction of sp³-hybridized carbons (Fsp3) is 0.706.